The van der Waals surface area contributed by atoms with Crippen molar-refractivity contribution in [1.82, 2.24) is 9.97 Å². The summed E-state index contributed by atoms with van der Waals surface area (Å²) >= 11 is 3.25. The monoisotopic (exact) mass is 399 g/mol. The van der Waals surface area contributed by atoms with E-state index in [9.17, 15) is 4.79 Å². The SMILES string of the molecule is COc1ccccc1NC(=O)CSc1ncnc2sc3c(c12)CC[C@@H](C)C3. The van der Waals surface area contributed by atoms with Crippen LogP contribution < -0.4 is 10.1 Å². The van der Waals surface area contributed by atoms with E-state index in [4.69, 9.17) is 4.74 Å². The number of anilines is 1. The zero-order chi connectivity index (χ0) is 18.8. The third-order valence-corrected chi connectivity index (χ3v) is 6.93. The van der Waals surface area contributed by atoms with E-state index in [1.54, 1.807) is 24.8 Å². The molecule has 2 aromatic heterocycles. The van der Waals surface area contributed by atoms with Crippen LogP contribution in [0.15, 0.2) is 35.6 Å². The second-order valence-electron chi connectivity index (χ2n) is 6.75. The number of nitrogens with zero attached hydrogens (tertiary/aromatic N) is 2. The molecule has 5 nitrogen and oxygen atoms in total. The molecule has 1 amide bonds. The maximum absolute atomic E-state index is 12.4. The maximum Gasteiger partial charge on any atom is 0.234 e. The summed E-state index contributed by atoms with van der Waals surface area (Å²) in [7, 11) is 1.60. The first-order chi connectivity index (χ1) is 13.2. The molecule has 0 spiro atoms. The van der Waals surface area contributed by atoms with Gasteiger partial charge in [0.1, 0.15) is 21.9 Å². The Morgan fingerprint density at radius 3 is 3.07 bits per heavy atom. The van der Waals surface area contributed by atoms with Gasteiger partial charge < -0.3 is 10.1 Å². The molecule has 1 N–H and O–H groups in total. The first-order valence-electron chi connectivity index (χ1n) is 8.96. The highest BCUT2D eigenvalue weighted by molar-refractivity contribution is 8.00. The summed E-state index contributed by atoms with van der Waals surface area (Å²) in [5, 5.41) is 4.97. The molecule has 0 saturated heterocycles. The normalized spacial score (nSPS) is 16.1. The zero-order valence-electron chi connectivity index (χ0n) is 15.3. The van der Waals surface area contributed by atoms with Gasteiger partial charge in [0.2, 0.25) is 5.91 Å². The molecule has 0 aliphatic heterocycles. The van der Waals surface area contributed by atoms with Gasteiger partial charge in [0.25, 0.3) is 0 Å². The van der Waals surface area contributed by atoms with Crippen molar-refractivity contribution in [3.05, 3.63) is 41.0 Å². The number of carbonyl (C=O) groups excluding carboxylic acids is 1. The number of para-hydroxylation sites is 2. The number of ether oxygens (including phenoxy) is 1. The fraction of sp³-hybridized carbons (Fsp3) is 0.350. The fourth-order valence-corrected chi connectivity index (χ4v) is 5.66. The van der Waals surface area contributed by atoms with Crippen LogP contribution in [-0.2, 0) is 17.6 Å². The number of hydrogen-bond donors (Lipinski definition) is 1. The summed E-state index contributed by atoms with van der Waals surface area (Å²) in [5.41, 5.74) is 2.07. The van der Waals surface area contributed by atoms with Crippen LogP contribution in [0.2, 0.25) is 0 Å². The number of carbonyl (C=O) groups is 1. The molecule has 0 radical (unpaired) electrons. The van der Waals surface area contributed by atoms with E-state index < -0.39 is 0 Å². The highest BCUT2D eigenvalue weighted by atomic mass is 32.2. The van der Waals surface area contributed by atoms with E-state index in [0.717, 1.165) is 34.0 Å². The van der Waals surface area contributed by atoms with Crippen LogP contribution in [0, 0.1) is 5.92 Å². The number of thiophene rings is 1. The van der Waals surface area contributed by atoms with Crippen molar-refractivity contribution in [1.29, 1.82) is 0 Å². The average molecular weight is 400 g/mol. The topological polar surface area (TPSA) is 64.1 Å². The van der Waals surface area contributed by atoms with Crippen LogP contribution in [0.1, 0.15) is 23.8 Å². The minimum atomic E-state index is -0.0750. The van der Waals surface area contributed by atoms with Crippen molar-refractivity contribution in [2.45, 2.75) is 31.2 Å². The van der Waals surface area contributed by atoms with E-state index >= 15 is 0 Å². The van der Waals surface area contributed by atoms with Gasteiger partial charge in [-0.15, -0.1) is 11.3 Å². The van der Waals surface area contributed by atoms with E-state index in [1.807, 2.05) is 24.3 Å². The predicted molar refractivity (Wildman–Crippen MR) is 111 cm³/mol. The summed E-state index contributed by atoms with van der Waals surface area (Å²) in [6.07, 6.45) is 5.00. The molecule has 3 aromatic rings. The summed E-state index contributed by atoms with van der Waals surface area (Å²) in [6.45, 7) is 2.30. The highest BCUT2D eigenvalue weighted by Crippen LogP contribution is 2.40. The number of rotatable bonds is 5. The molecule has 140 valence electrons. The van der Waals surface area contributed by atoms with Crippen molar-refractivity contribution in [2.24, 2.45) is 5.92 Å². The van der Waals surface area contributed by atoms with Crippen LogP contribution >= 0.6 is 23.1 Å². The molecular formula is C20H21N3O2S2. The van der Waals surface area contributed by atoms with Gasteiger partial charge >= 0.3 is 0 Å². The third kappa shape index (κ3) is 3.80. The van der Waals surface area contributed by atoms with Gasteiger partial charge in [0, 0.05) is 10.3 Å². The first-order valence-corrected chi connectivity index (χ1v) is 10.8. The summed E-state index contributed by atoms with van der Waals surface area (Å²) in [5.74, 6) is 1.60. The quantitative estimate of drug-likeness (QED) is 0.503. The second kappa shape index (κ2) is 7.86. The van der Waals surface area contributed by atoms with Crippen molar-refractivity contribution in [3.63, 3.8) is 0 Å². The van der Waals surface area contributed by atoms with Gasteiger partial charge in [-0.05, 0) is 42.9 Å². The lowest BCUT2D eigenvalue weighted by Gasteiger charge is -2.18. The van der Waals surface area contributed by atoms with Gasteiger partial charge in [-0.2, -0.15) is 0 Å². The number of aromatic nitrogens is 2. The van der Waals surface area contributed by atoms with Gasteiger partial charge in [-0.1, -0.05) is 30.8 Å². The first kappa shape index (κ1) is 18.3. The van der Waals surface area contributed by atoms with Crippen molar-refractivity contribution in [2.75, 3.05) is 18.2 Å². The minimum absolute atomic E-state index is 0.0750. The predicted octanol–water partition coefficient (Wildman–Crippen LogP) is 4.56. The molecule has 0 saturated carbocycles. The Morgan fingerprint density at radius 2 is 2.22 bits per heavy atom. The molecule has 0 bridgehead atoms. The van der Waals surface area contributed by atoms with Crippen LogP contribution in [0.3, 0.4) is 0 Å². The molecule has 27 heavy (non-hydrogen) atoms. The third-order valence-electron chi connectivity index (χ3n) is 4.78. The second-order valence-corrected chi connectivity index (χ2v) is 8.80. The smallest absolute Gasteiger partial charge is 0.234 e. The Hall–Kier alpha value is -2.12. The Morgan fingerprint density at radius 1 is 1.37 bits per heavy atom. The van der Waals surface area contributed by atoms with Crippen LogP contribution in [-0.4, -0.2) is 28.7 Å². The van der Waals surface area contributed by atoms with Crippen LogP contribution in [0.5, 0.6) is 5.75 Å². The molecule has 0 unspecified atom stereocenters. The summed E-state index contributed by atoms with van der Waals surface area (Å²) in [6, 6.07) is 7.41. The van der Waals surface area contributed by atoms with Gasteiger partial charge in [0.05, 0.1) is 18.6 Å². The standard InChI is InChI=1S/C20H21N3O2S2/c1-12-7-8-13-16(9-12)27-20-18(13)19(21-11-22-20)26-10-17(24)23-14-5-3-4-6-15(14)25-2/h3-6,11-12H,7-10H2,1-2H3,(H,23,24)/t12-/m1/s1. The fourth-order valence-electron chi connectivity index (χ4n) is 3.42. The van der Waals surface area contributed by atoms with Gasteiger partial charge in [-0.25, -0.2) is 9.97 Å². The Kier molecular flexibility index (Phi) is 5.31. The number of hydrogen-bond acceptors (Lipinski definition) is 6. The summed E-state index contributed by atoms with van der Waals surface area (Å²) < 4.78 is 5.29. The molecule has 2 heterocycles. The van der Waals surface area contributed by atoms with E-state index in [1.165, 1.54) is 28.6 Å². The van der Waals surface area contributed by atoms with Gasteiger partial charge in [0.15, 0.2) is 0 Å². The number of fused-ring (bicyclic) bond motifs is 3. The Bertz CT molecular complexity index is 987. The lowest BCUT2D eigenvalue weighted by Crippen LogP contribution is -2.15. The number of thioether (sulfide) groups is 1. The summed E-state index contributed by atoms with van der Waals surface area (Å²) in [4.78, 5) is 23.8. The lowest BCUT2D eigenvalue weighted by atomic mass is 9.89. The van der Waals surface area contributed by atoms with Crippen molar-refractivity contribution >= 4 is 44.9 Å². The largest absolute Gasteiger partial charge is 0.495 e. The lowest BCUT2D eigenvalue weighted by molar-refractivity contribution is -0.113. The molecular weight excluding hydrogens is 378 g/mol. The molecule has 1 aliphatic rings. The molecule has 0 fully saturated rings. The number of aryl methyl sites for hydroxylation is 1. The number of methoxy groups -OCH3 is 1. The molecule has 1 aromatic carbocycles. The molecule has 4 rings (SSSR count). The van der Waals surface area contributed by atoms with Gasteiger partial charge in [-0.3, -0.25) is 4.79 Å². The molecule has 1 aliphatic carbocycles. The number of amides is 1. The molecule has 1 atom stereocenters. The van der Waals surface area contributed by atoms with Crippen LogP contribution in [0.25, 0.3) is 10.2 Å². The van der Waals surface area contributed by atoms with E-state index in [-0.39, 0.29) is 5.91 Å². The zero-order valence-corrected chi connectivity index (χ0v) is 17.0. The molecule has 7 heteroatoms. The number of benzene rings is 1. The Labute approximate surface area is 166 Å². The van der Waals surface area contributed by atoms with E-state index in [0.29, 0.717) is 17.2 Å². The number of nitrogens with one attached hydrogen (secondary N) is 1. The Balaban J connectivity index is 1.51. The highest BCUT2D eigenvalue weighted by Gasteiger charge is 2.23. The van der Waals surface area contributed by atoms with Crippen LogP contribution in [0.4, 0.5) is 5.69 Å². The van der Waals surface area contributed by atoms with Crippen molar-refractivity contribution < 1.29 is 9.53 Å². The minimum Gasteiger partial charge on any atom is -0.495 e. The van der Waals surface area contributed by atoms with Crippen molar-refractivity contribution in [3.8, 4) is 5.75 Å². The van der Waals surface area contributed by atoms with E-state index in [2.05, 4.69) is 22.2 Å². The average Bonchev–Trinajstić information content (AvgIpc) is 3.04. The maximum atomic E-state index is 12.4.